The predicted molar refractivity (Wildman–Crippen MR) is 109 cm³/mol. The third kappa shape index (κ3) is 3.23. The van der Waals surface area contributed by atoms with Crippen molar-refractivity contribution in [2.75, 3.05) is 5.32 Å². The van der Waals surface area contributed by atoms with E-state index in [2.05, 4.69) is 26.2 Å². The van der Waals surface area contributed by atoms with Gasteiger partial charge in [-0.05, 0) is 73.9 Å². The van der Waals surface area contributed by atoms with Crippen molar-refractivity contribution < 1.29 is 14.7 Å². The van der Waals surface area contributed by atoms with Crippen LogP contribution in [0.15, 0.2) is 16.6 Å². The van der Waals surface area contributed by atoms with E-state index < -0.39 is 5.97 Å². The van der Waals surface area contributed by atoms with E-state index in [4.69, 9.17) is 5.11 Å². The van der Waals surface area contributed by atoms with Crippen LogP contribution in [0.2, 0.25) is 0 Å². The van der Waals surface area contributed by atoms with E-state index in [-0.39, 0.29) is 12.3 Å². The Kier molecular flexibility index (Phi) is 4.68. The van der Waals surface area contributed by atoms with Crippen LogP contribution in [-0.2, 0) is 28.9 Å². The van der Waals surface area contributed by atoms with Gasteiger partial charge >= 0.3 is 5.97 Å². The normalized spacial score (nSPS) is 17.0. The summed E-state index contributed by atoms with van der Waals surface area (Å²) in [4.78, 5) is 27.2. The van der Waals surface area contributed by atoms with Gasteiger partial charge in [0.1, 0.15) is 0 Å². The summed E-state index contributed by atoms with van der Waals surface area (Å²) in [6, 6.07) is 3.83. The molecule has 1 aromatic carbocycles. The third-order valence-corrected chi connectivity index (χ3v) is 6.34. The molecule has 6 heteroatoms. The second-order valence-electron chi connectivity index (χ2n) is 7.18. The number of benzene rings is 1. The average Bonchev–Trinajstić information content (AvgIpc) is 3.14. The molecule has 0 saturated heterocycles. The molecule has 2 aliphatic rings. The fourth-order valence-electron chi connectivity index (χ4n) is 4.14. The molecule has 5 nitrogen and oxygen atoms in total. The van der Waals surface area contributed by atoms with Gasteiger partial charge < -0.3 is 15.4 Å². The SMILES string of the molecule is Cc1c(Br)ccc2c1C(=Cc1[nH]c3c(c1CCC(=O)O)CCCC3)C(=O)N2. The molecule has 1 aromatic heterocycles. The highest BCUT2D eigenvalue weighted by Gasteiger charge is 2.28. The van der Waals surface area contributed by atoms with Gasteiger partial charge in [0.25, 0.3) is 5.91 Å². The number of halogens is 1. The maximum Gasteiger partial charge on any atom is 0.303 e. The van der Waals surface area contributed by atoms with Crippen LogP contribution in [-0.4, -0.2) is 22.0 Å². The van der Waals surface area contributed by atoms with Gasteiger partial charge in [0, 0.05) is 33.5 Å². The first kappa shape index (κ1) is 18.0. The molecule has 1 aliphatic heterocycles. The number of anilines is 1. The Morgan fingerprint density at radius 2 is 2.07 bits per heavy atom. The van der Waals surface area contributed by atoms with E-state index in [1.165, 1.54) is 11.3 Å². The van der Waals surface area contributed by atoms with Gasteiger partial charge in [0.05, 0.1) is 5.57 Å². The monoisotopic (exact) mass is 428 g/mol. The molecule has 0 bridgehead atoms. The van der Waals surface area contributed by atoms with Crippen molar-refractivity contribution in [1.82, 2.24) is 4.98 Å². The van der Waals surface area contributed by atoms with Crippen molar-refractivity contribution in [1.29, 1.82) is 0 Å². The number of hydrogen-bond acceptors (Lipinski definition) is 2. The zero-order valence-corrected chi connectivity index (χ0v) is 16.7. The minimum Gasteiger partial charge on any atom is -0.481 e. The Labute approximate surface area is 166 Å². The molecule has 140 valence electrons. The molecule has 4 rings (SSSR count). The van der Waals surface area contributed by atoms with Gasteiger partial charge in [-0.3, -0.25) is 9.59 Å². The van der Waals surface area contributed by atoms with E-state index in [1.54, 1.807) is 0 Å². The summed E-state index contributed by atoms with van der Waals surface area (Å²) in [6.45, 7) is 1.99. The summed E-state index contributed by atoms with van der Waals surface area (Å²) in [5, 5.41) is 12.1. The Morgan fingerprint density at radius 1 is 1.30 bits per heavy atom. The maximum absolute atomic E-state index is 12.6. The lowest BCUT2D eigenvalue weighted by molar-refractivity contribution is -0.137. The molecule has 1 amide bonds. The van der Waals surface area contributed by atoms with Crippen molar-refractivity contribution in [2.45, 2.75) is 45.4 Å². The second kappa shape index (κ2) is 7.00. The van der Waals surface area contributed by atoms with Crippen LogP contribution in [0.1, 0.15) is 52.9 Å². The number of fused-ring (bicyclic) bond motifs is 2. The summed E-state index contributed by atoms with van der Waals surface area (Å²) in [5.74, 6) is -0.925. The van der Waals surface area contributed by atoms with Crippen molar-refractivity contribution in [3.8, 4) is 0 Å². The Bertz CT molecular complexity index is 988. The Balaban J connectivity index is 1.83. The highest BCUT2D eigenvalue weighted by molar-refractivity contribution is 9.10. The lowest BCUT2D eigenvalue weighted by Gasteiger charge is -2.12. The van der Waals surface area contributed by atoms with Crippen LogP contribution >= 0.6 is 15.9 Å². The number of amides is 1. The van der Waals surface area contributed by atoms with Crippen LogP contribution in [0.5, 0.6) is 0 Å². The van der Waals surface area contributed by atoms with E-state index in [0.29, 0.717) is 12.0 Å². The van der Waals surface area contributed by atoms with Gasteiger partial charge in [-0.2, -0.15) is 0 Å². The van der Waals surface area contributed by atoms with E-state index >= 15 is 0 Å². The summed E-state index contributed by atoms with van der Waals surface area (Å²) >= 11 is 3.54. The minimum absolute atomic E-state index is 0.0911. The molecular weight excluding hydrogens is 408 g/mol. The van der Waals surface area contributed by atoms with Crippen molar-refractivity contribution in [3.63, 3.8) is 0 Å². The summed E-state index contributed by atoms with van der Waals surface area (Å²) in [5.41, 5.74) is 7.73. The molecule has 2 heterocycles. The quantitative estimate of drug-likeness (QED) is 0.627. The molecule has 0 radical (unpaired) electrons. The number of carbonyl (C=O) groups is 2. The molecule has 3 N–H and O–H groups in total. The standard InChI is InChI=1S/C21H21BrN2O3/c1-11-15(22)7-8-17-20(11)14(21(27)24-17)10-18-13(6-9-19(25)26)12-4-2-3-5-16(12)23-18/h7-8,10,23H,2-6,9H2,1H3,(H,24,27)(H,25,26). The zero-order chi connectivity index (χ0) is 19.1. The fourth-order valence-corrected chi connectivity index (χ4v) is 4.47. The molecule has 0 saturated carbocycles. The topological polar surface area (TPSA) is 82.2 Å². The van der Waals surface area contributed by atoms with Crippen LogP contribution in [0.25, 0.3) is 11.6 Å². The summed E-state index contributed by atoms with van der Waals surface area (Å²) in [7, 11) is 0. The number of carbonyl (C=O) groups excluding carboxylic acids is 1. The third-order valence-electron chi connectivity index (χ3n) is 5.48. The van der Waals surface area contributed by atoms with Gasteiger partial charge in [0.15, 0.2) is 0 Å². The Morgan fingerprint density at radius 3 is 2.85 bits per heavy atom. The molecule has 2 aromatic rings. The van der Waals surface area contributed by atoms with Crippen molar-refractivity contribution in [2.24, 2.45) is 0 Å². The van der Waals surface area contributed by atoms with Crippen molar-refractivity contribution >= 4 is 45.1 Å². The van der Waals surface area contributed by atoms with Gasteiger partial charge in [-0.25, -0.2) is 0 Å². The van der Waals surface area contributed by atoms with Gasteiger partial charge in [-0.1, -0.05) is 15.9 Å². The molecule has 0 spiro atoms. The van der Waals surface area contributed by atoms with E-state index in [0.717, 1.165) is 58.2 Å². The average molecular weight is 429 g/mol. The molecular formula is C21H21BrN2O3. The first-order valence-electron chi connectivity index (χ1n) is 9.22. The lowest BCUT2D eigenvalue weighted by atomic mass is 9.92. The highest BCUT2D eigenvalue weighted by Crippen LogP contribution is 2.39. The maximum atomic E-state index is 12.6. The highest BCUT2D eigenvalue weighted by atomic mass is 79.9. The number of aromatic nitrogens is 1. The number of aryl methyl sites for hydroxylation is 1. The Hall–Kier alpha value is -2.34. The number of carboxylic acid groups (broad SMARTS) is 1. The van der Waals surface area contributed by atoms with Crippen LogP contribution in [0.4, 0.5) is 5.69 Å². The fraction of sp³-hybridized carbons (Fsp3) is 0.333. The number of hydrogen-bond donors (Lipinski definition) is 3. The smallest absolute Gasteiger partial charge is 0.303 e. The summed E-state index contributed by atoms with van der Waals surface area (Å²) in [6.07, 6.45) is 6.67. The zero-order valence-electron chi connectivity index (χ0n) is 15.1. The van der Waals surface area contributed by atoms with Crippen molar-refractivity contribution in [3.05, 3.63) is 50.2 Å². The first-order chi connectivity index (χ1) is 13.0. The number of carboxylic acids is 1. The number of H-pyrrole nitrogens is 1. The number of aromatic amines is 1. The number of rotatable bonds is 4. The molecule has 0 fully saturated rings. The van der Waals surface area contributed by atoms with Gasteiger partial charge in [-0.15, -0.1) is 0 Å². The first-order valence-corrected chi connectivity index (χ1v) is 10.0. The number of aliphatic carboxylic acids is 1. The molecule has 0 atom stereocenters. The predicted octanol–water partition coefficient (Wildman–Crippen LogP) is 4.47. The van der Waals surface area contributed by atoms with Crippen LogP contribution in [0, 0.1) is 6.92 Å². The number of nitrogens with one attached hydrogen (secondary N) is 2. The molecule has 0 unspecified atom stereocenters. The minimum atomic E-state index is -0.803. The second-order valence-corrected chi connectivity index (χ2v) is 8.04. The molecule has 27 heavy (non-hydrogen) atoms. The van der Waals surface area contributed by atoms with Gasteiger partial charge in [0.2, 0.25) is 0 Å². The lowest BCUT2D eigenvalue weighted by Crippen LogP contribution is -2.05. The van der Waals surface area contributed by atoms with E-state index in [1.807, 2.05) is 25.1 Å². The van der Waals surface area contributed by atoms with Crippen LogP contribution in [0.3, 0.4) is 0 Å². The van der Waals surface area contributed by atoms with Crippen LogP contribution < -0.4 is 5.32 Å². The summed E-state index contributed by atoms with van der Waals surface area (Å²) < 4.78 is 0.959. The van der Waals surface area contributed by atoms with E-state index in [9.17, 15) is 9.59 Å². The largest absolute Gasteiger partial charge is 0.481 e. The molecule has 1 aliphatic carbocycles.